The van der Waals surface area contributed by atoms with Gasteiger partial charge in [-0.3, -0.25) is 4.79 Å². The molecule has 7 nitrogen and oxygen atoms in total. The first-order chi connectivity index (χ1) is 11.8. The lowest BCUT2D eigenvalue weighted by Crippen LogP contribution is -2.31. The fourth-order valence-corrected chi connectivity index (χ4v) is 3.16. The molecule has 0 aromatic heterocycles. The van der Waals surface area contributed by atoms with Gasteiger partial charge in [-0.1, -0.05) is 11.6 Å². The predicted molar refractivity (Wildman–Crippen MR) is 90.2 cm³/mol. The fourth-order valence-electron chi connectivity index (χ4n) is 2.30. The highest BCUT2D eigenvalue weighted by Gasteiger charge is 2.35. The number of carbonyl (C=O) groups excluding carboxylic acids is 2. The molecule has 0 aliphatic carbocycles. The van der Waals surface area contributed by atoms with Crippen LogP contribution in [0.3, 0.4) is 0 Å². The molecular formula is C15H12BrClFN3O4. The van der Waals surface area contributed by atoms with E-state index in [4.69, 9.17) is 16.7 Å². The maximum Gasteiger partial charge on any atom is 0.337 e. The molecule has 1 aromatic rings. The Bertz CT molecular complexity index is 822. The lowest BCUT2D eigenvalue weighted by atomic mass is 10.1. The van der Waals surface area contributed by atoms with Gasteiger partial charge in [0.1, 0.15) is 17.3 Å². The number of amides is 1. The minimum atomic E-state index is -0.951. The Labute approximate surface area is 155 Å². The number of ether oxygens (including phenoxy) is 1. The van der Waals surface area contributed by atoms with Gasteiger partial charge in [0.05, 0.1) is 36.5 Å². The van der Waals surface area contributed by atoms with Crippen molar-refractivity contribution < 1.29 is 23.8 Å². The van der Waals surface area contributed by atoms with E-state index in [1.165, 1.54) is 11.0 Å². The van der Waals surface area contributed by atoms with Gasteiger partial charge in [-0.15, -0.1) is 0 Å². The third-order valence-corrected chi connectivity index (χ3v) is 4.39. The van der Waals surface area contributed by atoms with E-state index < -0.39 is 23.3 Å². The number of halogens is 3. The lowest BCUT2D eigenvalue weighted by Gasteiger charge is -2.16. The number of aliphatic hydroxyl groups is 1. The average molecular weight is 433 g/mol. The second-order valence-corrected chi connectivity index (χ2v) is 6.20. The molecule has 1 aliphatic rings. The first-order valence-corrected chi connectivity index (χ1v) is 8.09. The molecule has 0 unspecified atom stereocenters. The number of nitrogens with one attached hydrogen (secondary N) is 1. The van der Waals surface area contributed by atoms with Crippen LogP contribution in [0.5, 0.6) is 0 Å². The Hall–Kier alpha value is -2.15. The minimum Gasteiger partial charge on any atom is -0.466 e. The van der Waals surface area contributed by atoms with E-state index in [0.717, 1.165) is 7.11 Å². The zero-order valence-corrected chi connectivity index (χ0v) is 15.2. The van der Waals surface area contributed by atoms with Crippen molar-refractivity contribution in [1.82, 2.24) is 4.90 Å². The van der Waals surface area contributed by atoms with Gasteiger partial charge < -0.3 is 20.1 Å². The molecule has 0 atom stereocenters. The highest BCUT2D eigenvalue weighted by Crippen LogP contribution is 2.35. The van der Waals surface area contributed by atoms with E-state index in [9.17, 15) is 19.2 Å². The molecule has 132 valence electrons. The van der Waals surface area contributed by atoms with E-state index in [-0.39, 0.29) is 46.1 Å². The number of aliphatic hydroxyl groups excluding tert-OH is 1. The first kappa shape index (κ1) is 19.2. The summed E-state index contributed by atoms with van der Waals surface area (Å²) in [5.74, 6) is -2.28. The van der Waals surface area contributed by atoms with Crippen LogP contribution in [0, 0.1) is 17.1 Å². The number of benzene rings is 1. The van der Waals surface area contributed by atoms with E-state index in [0.29, 0.717) is 0 Å². The van der Waals surface area contributed by atoms with Crippen molar-refractivity contribution >= 4 is 45.1 Å². The monoisotopic (exact) mass is 431 g/mol. The summed E-state index contributed by atoms with van der Waals surface area (Å²) >= 11 is 8.86. The topological polar surface area (TPSA) is 103 Å². The van der Waals surface area contributed by atoms with Crippen molar-refractivity contribution in [3.63, 3.8) is 0 Å². The molecular weight excluding hydrogens is 421 g/mol. The third kappa shape index (κ3) is 3.61. The number of hydrogen-bond acceptors (Lipinski definition) is 6. The first-order valence-electron chi connectivity index (χ1n) is 6.91. The molecule has 2 rings (SSSR count). The lowest BCUT2D eigenvalue weighted by molar-refractivity contribution is -0.136. The number of β-amino-alcohol motifs (C(OH)–C–C–N with tert-alkyl or cyclic N) is 1. The number of nitriles is 1. The predicted octanol–water partition coefficient (Wildman–Crippen LogP) is 1.79. The van der Waals surface area contributed by atoms with Crippen molar-refractivity contribution in [1.29, 1.82) is 5.26 Å². The molecule has 0 bridgehead atoms. The molecule has 0 saturated heterocycles. The van der Waals surface area contributed by atoms with Gasteiger partial charge in [0.2, 0.25) is 0 Å². The molecule has 25 heavy (non-hydrogen) atoms. The number of rotatable bonds is 5. The van der Waals surface area contributed by atoms with Crippen LogP contribution < -0.4 is 5.32 Å². The van der Waals surface area contributed by atoms with Crippen LogP contribution in [0.15, 0.2) is 21.8 Å². The van der Waals surface area contributed by atoms with Gasteiger partial charge in [-0.05, 0) is 22.0 Å². The summed E-state index contributed by atoms with van der Waals surface area (Å²) in [6.45, 7) is -0.369. The highest BCUT2D eigenvalue weighted by molar-refractivity contribution is 9.10. The zero-order valence-electron chi connectivity index (χ0n) is 12.9. The quantitative estimate of drug-likeness (QED) is 0.543. The van der Waals surface area contributed by atoms with Crippen molar-refractivity contribution in [3.05, 3.63) is 38.2 Å². The summed E-state index contributed by atoms with van der Waals surface area (Å²) in [6.07, 6.45) is 0. The minimum absolute atomic E-state index is 0.00572. The van der Waals surface area contributed by atoms with Crippen LogP contribution >= 0.6 is 27.5 Å². The standard InChI is InChI=1S/C15H12BrClFN3O4/c1-25-15(24)8-6-21(2-3-22)14(23)13(8)20-12-7(5-19)11(18)10(17)4-9(12)16/h4,20,22H,2-3,6H2,1H3. The van der Waals surface area contributed by atoms with E-state index in [1.54, 1.807) is 6.07 Å². The number of carbonyl (C=O) groups is 2. The highest BCUT2D eigenvalue weighted by atomic mass is 79.9. The van der Waals surface area contributed by atoms with Crippen LogP contribution in [0.4, 0.5) is 10.1 Å². The molecule has 0 saturated carbocycles. The molecule has 1 aliphatic heterocycles. The fraction of sp³-hybridized carbons (Fsp3) is 0.267. The second-order valence-electron chi connectivity index (χ2n) is 4.94. The van der Waals surface area contributed by atoms with Crippen molar-refractivity contribution in [2.24, 2.45) is 0 Å². The Morgan fingerprint density at radius 3 is 2.88 bits per heavy atom. The molecule has 1 aromatic carbocycles. The number of methoxy groups -OCH3 is 1. The maximum absolute atomic E-state index is 14.1. The molecule has 10 heteroatoms. The molecule has 0 spiro atoms. The average Bonchev–Trinajstić information content (AvgIpc) is 2.89. The van der Waals surface area contributed by atoms with Crippen LogP contribution in [-0.2, 0) is 14.3 Å². The SMILES string of the molecule is COC(=O)C1=C(Nc2c(Br)cc(Cl)c(F)c2C#N)C(=O)N(CCO)C1. The normalized spacial score (nSPS) is 13.9. The maximum atomic E-state index is 14.1. The van der Waals surface area contributed by atoms with Gasteiger partial charge in [-0.25, -0.2) is 9.18 Å². The Morgan fingerprint density at radius 1 is 1.64 bits per heavy atom. The Balaban J connectivity index is 2.53. The molecule has 0 radical (unpaired) electrons. The summed E-state index contributed by atoms with van der Waals surface area (Å²) in [5, 5.41) is 20.6. The molecule has 1 amide bonds. The molecule has 2 N–H and O–H groups in total. The van der Waals surface area contributed by atoms with E-state index >= 15 is 0 Å². The summed E-state index contributed by atoms with van der Waals surface area (Å²) in [5.41, 5.74) is -0.601. The molecule has 0 fully saturated rings. The number of esters is 1. The van der Waals surface area contributed by atoms with Gasteiger partial charge in [0, 0.05) is 11.0 Å². The number of nitrogens with zero attached hydrogens (tertiary/aromatic N) is 2. The summed E-state index contributed by atoms with van der Waals surface area (Å²) in [7, 11) is 1.16. The number of anilines is 1. The van der Waals surface area contributed by atoms with Gasteiger partial charge >= 0.3 is 5.97 Å². The zero-order chi connectivity index (χ0) is 18.7. The van der Waals surface area contributed by atoms with Crippen molar-refractivity contribution in [3.8, 4) is 6.07 Å². The van der Waals surface area contributed by atoms with Gasteiger partial charge in [-0.2, -0.15) is 5.26 Å². The van der Waals surface area contributed by atoms with Crippen LogP contribution in [0.1, 0.15) is 5.56 Å². The van der Waals surface area contributed by atoms with Gasteiger partial charge in [0.15, 0.2) is 5.82 Å². The second kappa shape index (κ2) is 7.82. The van der Waals surface area contributed by atoms with E-state index in [1.807, 2.05) is 0 Å². The van der Waals surface area contributed by atoms with Crippen LogP contribution in [0.25, 0.3) is 0 Å². The Kier molecular flexibility index (Phi) is 6.00. The van der Waals surface area contributed by atoms with Crippen LogP contribution in [0.2, 0.25) is 5.02 Å². The van der Waals surface area contributed by atoms with Crippen molar-refractivity contribution in [2.45, 2.75) is 0 Å². The smallest absolute Gasteiger partial charge is 0.337 e. The summed E-state index contributed by atoms with van der Waals surface area (Å²) in [4.78, 5) is 25.6. The largest absolute Gasteiger partial charge is 0.466 e. The third-order valence-electron chi connectivity index (χ3n) is 3.49. The Morgan fingerprint density at radius 2 is 2.32 bits per heavy atom. The summed E-state index contributed by atoms with van der Waals surface area (Å²) in [6, 6.07) is 2.90. The van der Waals surface area contributed by atoms with Crippen LogP contribution in [-0.4, -0.2) is 48.7 Å². The number of hydrogen-bond donors (Lipinski definition) is 2. The van der Waals surface area contributed by atoms with E-state index in [2.05, 4.69) is 26.0 Å². The van der Waals surface area contributed by atoms with Crippen molar-refractivity contribution in [2.75, 3.05) is 32.1 Å². The van der Waals surface area contributed by atoms with Gasteiger partial charge in [0.25, 0.3) is 5.91 Å². The molecule has 1 heterocycles. The summed E-state index contributed by atoms with van der Waals surface area (Å²) < 4.78 is 19.0.